The van der Waals surface area contributed by atoms with Gasteiger partial charge >= 0.3 is 5.97 Å². The highest BCUT2D eigenvalue weighted by Crippen LogP contribution is 2.16. The number of methoxy groups -OCH3 is 1. The monoisotopic (exact) mass is 352 g/mol. The van der Waals surface area contributed by atoms with Crippen molar-refractivity contribution in [2.75, 3.05) is 26.5 Å². The fraction of sp³-hybridized carbons (Fsp3) is 0.150. The highest BCUT2D eigenvalue weighted by atomic mass is 16.5. The van der Waals surface area contributed by atoms with Crippen LogP contribution in [0.3, 0.4) is 0 Å². The zero-order valence-corrected chi connectivity index (χ0v) is 14.9. The molecule has 0 aliphatic rings. The van der Waals surface area contributed by atoms with Gasteiger partial charge in [-0.3, -0.25) is 9.59 Å². The molecule has 0 radical (unpaired) electrons. The number of esters is 1. The molecule has 1 N–H and O–H groups in total. The number of ether oxygens (including phenoxy) is 1. The summed E-state index contributed by atoms with van der Waals surface area (Å²) in [6.07, 6.45) is 2.98. The maximum absolute atomic E-state index is 12.1. The lowest BCUT2D eigenvalue weighted by Crippen LogP contribution is -2.21. The van der Waals surface area contributed by atoms with E-state index < -0.39 is 5.97 Å². The Labute approximate surface area is 152 Å². The second-order valence-corrected chi connectivity index (χ2v) is 5.68. The van der Waals surface area contributed by atoms with Crippen LogP contribution >= 0.6 is 0 Å². The minimum Gasteiger partial charge on any atom is -0.465 e. The first kappa shape index (κ1) is 18.9. The van der Waals surface area contributed by atoms with Gasteiger partial charge in [0.15, 0.2) is 0 Å². The summed E-state index contributed by atoms with van der Waals surface area (Å²) < 4.78 is 4.70. The predicted octanol–water partition coefficient (Wildman–Crippen LogP) is 2.83. The van der Waals surface area contributed by atoms with E-state index in [-0.39, 0.29) is 17.4 Å². The van der Waals surface area contributed by atoms with Crippen LogP contribution in [-0.4, -0.2) is 43.9 Å². The minimum absolute atomic E-state index is 0.0855. The van der Waals surface area contributed by atoms with E-state index in [1.54, 1.807) is 68.7 Å². The summed E-state index contributed by atoms with van der Waals surface area (Å²) in [6, 6.07) is 13.5. The van der Waals surface area contributed by atoms with Crippen LogP contribution < -0.4 is 5.32 Å². The molecular weight excluding hydrogens is 332 g/mol. The number of nitrogens with zero attached hydrogens (tertiary/aromatic N) is 1. The third kappa shape index (κ3) is 4.80. The topological polar surface area (TPSA) is 75.7 Å². The molecule has 0 saturated carbocycles. The smallest absolute Gasteiger partial charge is 0.339 e. The summed E-state index contributed by atoms with van der Waals surface area (Å²) in [6.45, 7) is 0. The number of benzene rings is 2. The average molecular weight is 352 g/mol. The van der Waals surface area contributed by atoms with E-state index in [0.29, 0.717) is 11.3 Å². The van der Waals surface area contributed by atoms with Gasteiger partial charge in [0.1, 0.15) is 0 Å². The summed E-state index contributed by atoms with van der Waals surface area (Å²) >= 11 is 0. The average Bonchev–Trinajstić information content (AvgIpc) is 2.66. The fourth-order valence-electron chi connectivity index (χ4n) is 2.22. The maximum atomic E-state index is 12.1. The Bertz CT molecular complexity index is 839. The van der Waals surface area contributed by atoms with E-state index in [0.717, 1.165) is 5.56 Å². The van der Waals surface area contributed by atoms with Gasteiger partial charge in [-0.15, -0.1) is 0 Å². The first-order valence-electron chi connectivity index (χ1n) is 7.90. The molecule has 0 aliphatic heterocycles. The Morgan fingerprint density at radius 1 is 1.00 bits per heavy atom. The molecule has 2 rings (SSSR count). The third-order valence-electron chi connectivity index (χ3n) is 3.58. The number of rotatable bonds is 5. The Balaban J connectivity index is 2.06. The van der Waals surface area contributed by atoms with E-state index in [1.807, 2.05) is 0 Å². The van der Waals surface area contributed by atoms with Gasteiger partial charge in [0.25, 0.3) is 5.91 Å². The van der Waals surface area contributed by atoms with Crippen molar-refractivity contribution < 1.29 is 19.1 Å². The molecule has 0 aromatic heterocycles. The Hall–Kier alpha value is -3.41. The van der Waals surface area contributed by atoms with Gasteiger partial charge in [0.05, 0.1) is 18.4 Å². The summed E-state index contributed by atoms with van der Waals surface area (Å²) in [7, 11) is 4.66. The van der Waals surface area contributed by atoms with Crippen LogP contribution in [-0.2, 0) is 9.53 Å². The summed E-state index contributed by atoms with van der Waals surface area (Å²) in [4.78, 5) is 37.1. The molecule has 0 bridgehead atoms. The molecule has 0 unspecified atom stereocenters. The Morgan fingerprint density at radius 2 is 1.65 bits per heavy atom. The molecule has 134 valence electrons. The zero-order chi connectivity index (χ0) is 19.1. The van der Waals surface area contributed by atoms with Crippen molar-refractivity contribution in [1.29, 1.82) is 0 Å². The fourth-order valence-corrected chi connectivity index (χ4v) is 2.22. The Morgan fingerprint density at radius 3 is 2.27 bits per heavy atom. The van der Waals surface area contributed by atoms with Crippen molar-refractivity contribution in [3.8, 4) is 0 Å². The van der Waals surface area contributed by atoms with Crippen molar-refractivity contribution in [1.82, 2.24) is 4.90 Å². The maximum Gasteiger partial charge on any atom is 0.339 e. The quantitative estimate of drug-likeness (QED) is 0.663. The second kappa shape index (κ2) is 8.62. The van der Waals surface area contributed by atoms with Crippen molar-refractivity contribution in [3.63, 3.8) is 0 Å². The molecule has 0 spiro atoms. The molecule has 2 amide bonds. The Kier molecular flexibility index (Phi) is 6.27. The molecule has 2 aromatic rings. The van der Waals surface area contributed by atoms with Crippen LogP contribution in [0.2, 0.25) is 0 Å². The van der Waals surface area contributed by atoms with Gasteiger partial charge in [-0.05, 0) is 35.9 Å². The van der Waals surface area contributed by atoms with Crippen molar-refractivity contribution in [3.05, 3.63) is 71.3 Å². The normalized spacial score (nSPS) is 10.4. The van der Waals surface area contributed by atoms with Crippen LogP contribution in [0.4, 0.5) is 5.69 Å². The van der Waals surface area contributed by atoms with E-state index in [4.69, 9.17) is 4.74 Å². The highest BCUT2D eigenvalue weighted by Gasteiger charge is 2.12. The van der Waals surface area contributed by atoms with Crippen LogP contribution in [0.5, 0.6) is 0 Å². The highest BCUT2D eigenvalue weighted by molar-refractivity contribution is 6.06. The predicted molar refractivity (Wildman–Crippen MR) is 99.9 cm³/mol. The minimum atomic E-state index is -0.522. The third-order valence-corrected chi connectivity index (χ3v) is 3.58. The molecule has 6 nitrogen and oxygen atoms in total. The number of anilines is 1. The number of hydrogen-bond acceptors (Lipinski definition) is 4. The number of para-hydroxylation sites is 1. The van der Waals surface area contributed by atoms with Crippen molar-refractivity contribution in [2.24, 2.45) is 0 Å². The lowest BCUT2D eigenvalue weighted by molar-refractivity contribution is -0.111. The molecule has 0 aliphatic carbocycles. The van der Waals surface area contributed by atoms with Crippen LogP contribution in [0, 0.1) is 0 Å². The van der Waals surface area contributed by atoms with Crippen LogP contribution in [0.15, 0.2) is 54.6 Å². The molecule has 0 heterocycles. The van der Waals surface area contributed by atoms with Gasteiger partial charge in [0, 0.05) is 25.7 Å². The van der Waals surface area contributed by atoms with Crippen LogP contribution in [0.1, 0.15) is 26.3 Å². The lowest BCUT2D eigenvalue weighted by atomic mass is 10.1. The molecule has 2 aromatic carbocycles. The lowest BCUT2D eigenvalue weighted by Gasteiger charge is -2.10. The number of nitrogens with one attached hydrogen (secondary N) is 1. The van der Waals surface area contributed by atoms with Gasteiger partial charge in [-0.2, -0.15) is 0 Å². The summed E-state index contributed by atoms with van der Waals surface area (Å²) in [5, 5.41) is 2.65. The molecule has 0 atom stereocenters. The first-order chi connectivity index (χ1) is 12.4. The summed E-state index contributed by atoms with van der Waals surface area (Å²) in [5.41, 5.74) is 2.00. The number of carbonyl (C=O) groups is 3. The van der Waals surface area contributed by atoms with E-state index in [1.165, 1.54) is 18.1 Å². The van der Waals surface area contributed by atoms with E-state index in [9.17, 15) is 14.4 Å². The van der Waals surface area contributed by atoms with Gasteiger partial charge in [0.2, 0.25) is 5.91 Å². The second-order valence-electron chi connectivity index (χ2n) is 5.68. The molecule has 0 fully saturated rings. The SMILES string of the molecule is COC(=O)c1ccccc1NC(=O)/C=C/c1ccc(C(=O)N(C)C)cc1. The van der Waals surface area contributed by atoms with E-state index in [2.05, 4.69) is 5.32 Å². The largest absolute Gasteiger partial charge is 0.465 e. The standard InChI is InChI=1S/C20H20N2O4/c1-22(2)19(24)15-11-8-14(9-12-15)10-13-18(23)21-17-7-5-4-6-16(17)20(25)26-3/h4-13H,1-3H3,(H,21,23)/b13-10+. The molecule has 26 heavy (non-hydrogen) atoms. The zero-order valence-electron chi connectivity index (χ0n) is 14.9. The first-order valence-corrected chi connectivity index (χ1v) is 7.90. The molecule has 6 heteroatoms. The van der Waals surface area contributed by atoms with Crippen molar-refractivity contribution in [2.45, 2.75) is 0 Å². The van der Waals surface area contributed by atoms with Crippen LogP contribution in [0.25, 0.3) is 6.08 Å². The van der Waals surface area contributed by atoms with Gasteiger partial charge in [-0.25, -0.2) is 4.79 Å². The summed E-state index contributed by atoms with van der Waals surface area (Å²) in [5.74, 6) is -0.987. The molecule has 0 saturated heterocycles. The van der Waals surface area contributed by atoms with Gasteiger partial charge in [-0.1, -0.05) is 24.3 Å². The van der Waals surface area contributed by atoms with E-state index >= 15 is 0 Å². The number of amides is 2. The number of carbonyl (C=O) groups excluding carboxylic acids is 3. The van der Waals surface area contributed by atoms with Crippen molar-refractivity contribution >= 4 is 29.5 Å². The van der Waals surface area contributed by atoms with Gasteiger partial charge < -0.3 is 15.0 Å². The number of hydrogen-bond donors (Lipinski definition) is 1. The molecular formula is C20H20N2O4.